The van der Waals surface area contributed by atoms with E-state index in [-0.39, 0.29) is 5.91 Å². The van der Waals surface area contributed by atoms with Crippen LogP contribution in [0.15, 0.2) is 84.0 Å². The molecule has 4 aromatic rings. The van der Waals surface area contributed by atoms with Gasteiger partial charge >= 0.3 is 0 Å². The number of carbonyl (C=O) groups is 1. The van der Waals surface area contributed by atoms with E-state index in [0.29, 0.717) is 23.7 Å². The van der Waals surface area contributed by atoms with Gasteiger partial charge in [0.1, 0.15) is 0 Å². The number of para-hydroxylation sites is 1. The number of nitrogens with zero attached hydrogens (tertiary/aromatic N) is 2. The van der Waals surface area contributed by atoms with Crippen LogP contribution in [0.4, 0.5) is 5.69 Å². The predicted molar refractivity (Wildman–Crippen MR) is 121 cm³/mol. The number of anilines is 1. The molecule has 3 aromatic carbocycles. The average molecular weight is 415 g/mol. The Morgan fingerprint density at radius 2 is 1.67 bits per heavy atom. The number of aromatic nitrogens is 1. The Bertz CT molecular complexity index is 1250. The largest absolute Gasteiger partial charge is 0.356 e. The number of nitrogens with one attached hydrogen (secondary N) is 2. The van der Waals surface area contributed by atoms with Gasteiger partial charge in [0, 0.05) is 32.7 Å². The van der Waals surface area contributed by atoms with Crippen molar-refractivity contribution in [3.05, 3.63) is 101 Å². The SMILES string of the molecule is O=C(c1ccccc1)N1C/C(=N\Nc2ccc(Cl)cc2)c2c([nH]c3ccccc23)C1. The lowest BCUT2D eigenvalue weighted by Crippen LogP contribution is -2.40. The second-order valence-electron chi connectivity index (χ2n) is 7.23. The van der Waals surface area contributed by atoms with Gasteiger partial charge in [-0.15, -0.1) is 0 Å². The molecule has 0 saturated carbocycles. The van der Waals surface area contributed by atoms with Gasteiger partial charge in [-0.2, -0.15) is 5.10 Å². The monoisotopic (exact) mass is 414 g/mol. The number of carbonyl (C=O) groups excluding carboxylic acids is 1. The Morgan fingerprint density at radius 3 is 2.47 bits per heavy atom. The number of benzene rings is 3. The highest BCUT2D eigenvalue weighted by atomic mass is 35.5. The van der Waals surface area contributed by atoms with Gasteiger partial charge in [0.25, 0.3) is 5.91 Å². The second kappa shape index (κ2) is 7.69. The van der Waals surface area contributed by atoms with Crippen LogP contribution in [0.5, 0.6) is 0 Å². The maximum atomic E-state index is 13.1. The Hall–Kier alpha value is -3.57. The Morgan fingerprint density at radius 1 is 0.933 bits per heavy atom. The fraction of sp³-hybridized carbons (Fsp3) is 0.0833. The first-order valence-corrected chi connectivity index (χ1v) is 10.1. The zero-order valence-electron chi connectivity index (χ0n) is 16.1. The van der Waals surface area contributed by atoms with Crippen LogP contribution in [-0.4, -0.2) is 28.0 Å². The van der Waals surface area contributed by atoms with Crippen molar-refractivity contribution >= 4 is 39.8 Å². The molecular weight excluding hydrogens is 396 g/mol. The van der Waals surface area contributed by atoms with Crippen molar-refractivity contribution in [2.45, 2.75) is 6.54 Å². The minimum atomic E-state index is -0.0147. The lowest BCUT2D eigenvalue weighted by Gasteiger charge is -2.28. The van der Waals surface area contributed by atoms with E-state index < -0.39 is 0 Å². The summed E-state index contributed by atoms with van der Waals surface area (Å²) in [6, 6.07) is 24.9. The van der Waals surface area contributed by atoms with Crippen molar-refractivity contribution in [2.24, 2.45) is 5.10 Å². The molecule has 0 radical (unpaired) electrons. The molecule has 2 heterocycles. The molecule has 0 saturated heterocycles. The van der Waals surface area contributed by atoms with Crippen molar-refractivity contribution in [2.75, 3.05) is 12.0 Å². The van der Waals surface area contributed by atoms with E-state index in [4.69, 9.17) is 11.6 Å². The summed E-state index contributed by atoms with van der Waals surface area (Å²) in [4.78, 5) is 18.4. The molecule has 1 aromatic heterocycles. The molecule has 0 unspecified atom stereocenters. The van der Waals surface area contributed by atoms with Crippen molar-refractivity contribution in [1.82, 2.24) is 9.88 Å². The molecule has 0 bridgehead atoms. The van der Waals surface area contributed by atoms with Crippen LogP contribution in [0.1, 0.15) is 21.6 Å². The number of amides is 1. The highest BCUT2D eigenvalue weighted by Crippen LogP contribution is 2.29. The van der Waals surface area contributed by atoms with Crippen molar-refractivity contribution in [3.8, 4) is 0 Å². The smallest absolute Gasteiger partial charge is 0.254 e. The first-order chi connectivity index (χ1) is 14.7. The second-order valence-corrected chi connectivity index (χ2v) is 7.67. The fourth-order valence-corrected chi connectivity index (χ4v) is 3.93. The van der Waals surface area contributed by atoms with Gasteiger partial charge in [0.15, 0.2) is 0 Å². The normalized spacial score (nSPS) is 14.7. The van der Waals surface area contributed by atoms with E-state index in [1.165, 1.54) is 0 Å². The number of aromatic amines is 1. The summed E-state index contributed by atoms with van der Waals surface area (Å²) in [7, 11) is 0. The minimum absolute atomic E-state index is 0.0147. The third kappa shape index (κ3) is 3.44. The number of halogens is 1. The van der Waals surface area contributed by atoms with Gasteiger partial charge in [0.2, 0.25) is 0 Å². The molecule has 148 valence electrons. The Kier molecular flexibility index (Phi) is 4.73. The minimum Gasteiger partial charge on any atom is -0.356 e. The van der Waals surface area contributed by atoms with Gasteiger partial charge in [-0.3, -0.25) is 10.2 Å². The topological polar surface area (TPSA) is 60.5 Å². The molecule has 5 nitrogen and oxygen atoms in total. The summed E-state index contributed by atoms with van der Waals surface area (Å²) >= 11 is 5.98. The van der Waals surface area contributed by atoms with Crippen LogP contribution in [0.2, 0.25) is 5.02 Å². The van der Waals surface area contributed by atoms with Gasteiger partial charge in [-0.05, 0) is 42.5 Å². The van der Waals surface area contributed by atoms with Gasteiger partial charge < -0.3 is 9.88 Å². The zero-order chi connectivity index (χ0) is 20.5. The van der Waals surface area contributed by atoms with E-state index in [0.717, 1.165) is 33.6 Å². The summed E-state index contributed by atoms with van der Waals surface area (Å²) in [5, 5.41) is 6.46. The maximum absolute atomic E-state index is 13.1. The Balaban J connectivity index is 1.54. The van der Waals surface area contributed by atoms with Crippen LogP contribution >= 0.6 is 11.6 Å². The summed E-state index contributed by atoms with van der Waals surface area (Å²) in [6.07, 6.45) is 0. The predicted octanol–water partition coefficient (Wildman–Crippen LogP) is 5.29. The fourth-order valence-electron chi connectivity index (χ4n) is 3.81. The van der Waals surface area contributed by atoms with Gasteiger partial charge in [0.05, 0.1) is 24.5 Å². The molecule has 1 amide bonds. The van der Waals surface area contributed by atoms with Crippen molar-refractivity contribution < 1.29 is 4.79 Å². The third-order valence-corrected chi connectivity index (χ3v) is 5.49. The average Bonchev–Trinajstić information content (AvgIpc) is 3.17. The van der Waals surface area contributed by atoms with Crippen LogP contribution in [0.25, 0.3) is 10.9 Å². The summed E-state index contributed by atoms with van der Waals surface area (Å²) in [5.41, 5.74) is 8.51. The third-order valence-electron chi connectivity index (χ3n) is 5.23. The summed E-state index contributed by atoms with van der Waals surface area (Å²) in [6.45, 7) is 0.931. The number of H-pyrrole nitrogens is 1. The van der Waals surface area contributed by atoms with Crippen LogP contribution in [0, 0.1) is 0 Å². The molecule has 0 atom stereocenters. The van der Waals surface area contributed by atoms with Gasteiger partial charge in [-0.25, -0.2) is 0 Å². The maximum Gasteiger partial charge on any atom is 0.254 e. The van der Waals surface area contributed by atoms with Crippen molar-refractivity contribution in [1.29, 1.82) is 0 Å². The number of hydrogen-bond acceptors (Lipinski definition) is 3. The first-order valence-electron chi connectivity index (χ1n) is 9.71. The molecule has 6 heteroatoms. The zero-order valence-corrected chi connectivity index (χ0v) is 16.9. The van der Waals surface area contributed by atoms with Gasteiger partial charge in [-0.1, -0.05) is 48.0 Å². The highest BCUT2D eigenvalue weighted by molar-refractivity contribution is 6.30. The molecule has 5 rings (SSSR count). The van der Waals surface area contributed by atoms with Crippen LogP contribution < -0.4 is 5.43 Å². The van der Waals surface area contributed by atoms with Crippen LogP contribution in [0.3, 0.4) is 0 Å². The Labute approximate surface area is 179 Å². The van der Waals surface area contributed by atoms with E-state index in [1.807, 2.05) is 77.7 Å². The molecular formula is C24H19ClN4O. The molecule has 0 fully saturated rings. The number of hydrazone groups is 1. The molecule has 0 spiro atoms. The van der Waals surface area contributed by atoms with E-state index >= 15 is 0 Å². The van der Waals surface area contributed by atoms with Crippen molar-refractivity contribution in [3.63, 3.8) is 0 Å². The summed E-state index contributed by atoms with van der Waals surface area (Å²) < 4.78 is 0. The van der Waals surface area contributed by atoms with Crippen LogP contribution in [-0.2, 0) is 6.54 Å². The quantitative estimate of drug-likeness (QED) is 0.447. The first kappa shape index (κ1) is 18.5. The summed E-state index contributed by atoms with van der Waals surface area (Å²) in [5.74, 6) is -0.0147. The lowest BCUT2D eigenvalue weighted by atomic mass is 10.0. The number of fused-ring (bicyclic) bond motifs is 3. The molecule has 1 aliphatic heterocycles. The molecule has 30 heavy (non-hydrogen) atoms. The number of hydrogen-bond donors (Lipinski definition) is 2. The van der Waals surface area contributed by atoms with E-state index in [2.05, 4.69) is 21.6 Å². The van der Waals surface area contributed by atoms with E-state index in [1.54, 1.807) is 0 Å². The molecule has 1 aliphatic rings. The standard InChI is InChI=1S/C24H19ClN4O/c25-17-10-12-18(13-11-17)27-28-22-15-29(24(30)16-6-2-1-3-7-16)14-21-23(22)19-8-4-5-9-20(19)26-21/h1-13,26-27H,14-15H2/b28-22+. The molecule has 0 aliphatic carbocycles. The lowest BCUT2D eigenvalue weighted by molar-refractivity contribution is 0.0763. The molecule has 2 N–H and O–H groups in total. The number of rotatable bonds is 3. The highest BCUT2D eigenvalue weighted by Gasteiger charge is 2.29. The van der Waals surface area contributed by atoms with E-state index in [9.17, 15) is 4.79 Å².